The largest absolute Gasteiger partial charge is 0.494 e. The molecular weight excluding hydrogens is 164 g/mol. The molecule has 0 saturated heterocycles. The molecule has 1 aromatic rings. The van der Waals surface area contributed by atoms with Crippen LogP contribution in [0.2, 0.25) is 0 Å². The molecule has 12 heavy (non-hydrogen) atoms. The second-order valence-corrected chi connectivity index (χ2v) is 1.99. The van der Waals surface area contributed by atoms with Crippen LogP contribution in [0.5, 0.6) is 11.6 Å². The Morgan fingerprint density at radius 3 is 2.75 bits per heavy atom. The van der Waals surface area contributed by atoms with E-state index in [0.717, 1.165) is 12.1 Å². The first-order valence-electron chi connectivity index (χ1n) is 2.98. The Kier molecular flexibility index (Phi) is 2.00. The van der Waals surface area contributed by atoms with E-state index in [1.165, 1.54) is 0 Å². The summed E-state index contributed by atoms with van der Waals surface area (Å²) < 4.78 is 4.33. The summed E-state index contributed by atoms with van der Waals surface area (Å²) in [5.74, 6) is -0.484. The first kappa shape index (κ1) is 8.12. The van der Waals surface area contributed by atoms with E-state index in [-0.39, 0.29) is 5.75 Å². The van der Waals surface area contributed by atoms with Gasteiger partial charge in [0.1, 0.15) is 5.75 Å². The number of ether oxygens (including phenoxy) is 1. The standard InChI is InChI=1S/C6H6N2O4/c7-6(11)12-3-1-4(9)8-5(10)2-3/h1-2H,(H2,7,11)(H2,8,9,10). The number of hydrogen-bond acceptors (Lipinski definition) is 4. The van der Waals surface area contributed by atoms with Gasteiger partial charge >= 0.3 is 6.09 Å². The van der Waals surface area contributed by atoms with Crippen LogP contribution in [-0.4, -0.2) is 16.2 Å². The molecule has 1 aromatic heterocycles. The quantitative estimate of drug-likeness (QED) is 0.530. The van der Waals surface area contributed by atoms with Crippen molar-refractivity contribution in [1.82, 2.24) is 4.98 Å². The van der Waals surface area contributed by atoms with Gasteiger partial charge in [0.25, 0.3) is 5.56 Å². The number of amides is 1. The average molecular weight is 170 g/mol. The summed E-state index contributed by atoms with van der Waals surface area (Å²) >= 11 is 0. The molecule has 0 unspecified atom stereocenters. The van der Waals surface area contributed by atoms with Gasteiger partial charge in [-0.15, -0.1) is 0 Å². The fraction of sp³-hybridized carbons (Fsp3) is 0. The molecule has 0 atom stereocenters. The molecule has 0 spiro atoms. The summed E-state index contributed by atoms with van der Waals surface area (Å²) in [5, 5.41) is 8.82. The molecule has 0 aliphatic heterocycles. The molecule has 0 radical (unpaired) electrons. The summed E-state index contributed by atoms with van der Waals surface area (Å²) in [7, 11) is 0. The number of aromatic nitrogens is 1. The van der Waals surface area contributed by atoms with Gasteiger partial charge < -0.3 is 15.6 Å². The van der Waals surface area contributed by atoms with Crippen LogP contribution in [0.3, 0.4) is 0 Å². The molecule has 1 heterocycles. The molecule has 0 aromatic carbocycles. The van der Waals surface area contributed by atoms with E-state index >= 15 is 0 Å². The van der Waals surface area contributed by atoms with Gasteiger partial charge in [-0.25, -0.2) is 4.79 Å². The number of nitrogens with one attached hydrogen (secondary N) is 1. The van der Waals surface area contributed by atoms with Crippen molar-refractivity contribution in [3.63, 3.8) is 0 Å². The van der Waals surface area contributed by atoms with Gasteiger partial charge in [-0.1, -0.05) is 0 Å². The van der Waals surface area contributed by atoms with Crippen molar-refractivity contribution in [3.05, 3.63) is 22.5 Å². The van der Waals surface area contributed by atoms with Crippen molar-refractivity contribution in [1.29, 1.82) is 0 Å². The highest BCUT2D eigenvalue weighted by Crippen LogP contribution is 2.11. The van der Waals surface area contributed by atoms with E-state index in [1.54, 1.807) is 0 Å². The van der Waals surface area contributed by atoms with Gasteiger partial charge in [0.15, 0.2) is 5.88 Å². The van der Waals surface area contributed by atoms with Crippen LogP contribution in [-0.2, 0) is 0 Å². The third-order valence-corrected chi connectivity index (χ3v) is 1.02. The molecule has 0 bridgehead atoms. The molecule has 1 amide bonds. The zero-order chi connectivity index (χ0) is 9.14. The highest BCUT2D eigenvalue weighted by molar-refractivity contribution is 5.68. The van der Waals surface area contributed by atoms with Crippen molar-refractivity contribution in [2.75, 3.05) is 0 Å². The lowest BCUT2D eigenvalue weighted by Gasteiger charge is -1.98. The van der Waals surface area contributed by atoms with Crippen molar-refractivity contribution in [3.8, 4) is 11.6 Å². The number of aromatic hydroxyl groups is 1. The van der Waals surface area contributed by atoms with E-state index in [4.69, 9.17) is 5.11 Å². The highest BCUT2D eigenvalue weighted by atomic mass is 16.5. The topological polar surface area (TPSA) is 105 Å². The summed E-state index contributed by atoms with van der Waals surface area (Å²) in [5.41, 5.74) is 4.09. The Morgan fingerprint density at radius 2 is 2.25 bits per heavy atom. The van der Waals surface area contributed by atoms with Gasteiger partial charge in [0.05, 0.1) is 0 Å². The van der Waals surface area contributed by atoms with Gasteiger partial charge in [-0.3, -0.25) is 9.78 Å². The van der Waals surface area contributed by atoms with Gasteiger partial charge in [-0.2, -0.15) is 0 Å². The minimum absolute atomic E-state index is 0.0937. The number of primary amides is 1. The van der Waals surface area contributed by atoms with Crippen molar-refractivity contribution in [2.45, 2.75) is 0 Å². The fourth-order valence-corrected chi connectivity index (χ4v) is 0.679. The van der Waals surface area contributed by atoms with Gasteiger partial charge in [0, 0.05) is 12.1 Å². The van der Waals surface area contributed by atoms with E-state index in [2.05, 4.69) is 15.5 Å². The third kappa shape index (κ3) is 2.01. The Labute approximate surface area is 66.6 Å². The minimum atomic E-state index is -1.04. The number of carbonyl (C=O) groups excluding carboxylic acids is 1. The zero-order valence-corrected chi connectivity index (χ0v) is 5.90. The lowest BCUT2D eigenvalue weighted by molar-refractivity contribution is 0.210. The number of aromatic amines is 1. The first-order chi connectivity index (χ1) is 5.58. The van der Waals surface area contributed by atoms with Crippen LogP contribution in [0.25, 0.3) is 0 Å². The number of H-pyrrole nitrogens is 1. The molecule has 0 aliphatic rings. The lowest BCUT2D eigenvalue weighted by atomic mass is 10.4. The second kappa shape index (κ2) is 2.95. The monoisotopic (exact) mass is 170 g/mol. The maximum absolute atomic E-state index is 10.6. The normalized spacial score (nSPS) is 9.33. The average Bonchev–Trinajstić information content (AvgIpc) is 1.81. The van der Waals surface area contributed by atoms with Crippen molar-refractivity contribution in [2.24, 2.45) is 5.73 Å². The van der Waals surface area contributed by atoms with E-state index in [9.17, 15) is 9.59 Å². The second-order valence-electron chi connectivity index (χ2n) is 1.99. The molecule has 6 nitrogen and oxygen atoms in total. The van der Waals surface area contributed by atoms with Crippen LogP contribution in [0, 0.1) is 0 Å². The zero-order valence-electron chi connectivity index (χ0n) is 5.90. The Morgan fingerprint density at radius 1 is 1.58 bits per heavy atom. The van der Waals surface area contributed by atoms with Gasteiger partial charge in [-0.05, 0) is 0 Å². The number of carbonyl (C=O) groups is 1. The Balaban J connectivity index is 3.01. The Bertz CT molecular complexity index is 357. The molecule has 6 heteroatoms. The maximum atomic E-state index is 10.6. The highest BCUT2D eigenvalue weighted by Gasteiger charge is 2.01. The number of rotatable bonds is 1. The van der Waals surface area contributed by atoms with Gasteiger partial charge in [0.2, 0.25) is 0 Å². The SMILES string of the molecule is NC(=O)Oc1cc(O)[nH]c(=O)c1. The smallest absolute Gasteiger partial charge is 0.409 e. The lowest BCUT2D eigenvalue weighted by Crippen LogP contribution is -2.17. The molecule has 0 saturated carbocycles. The van der Waals surface area contributed by atoms with Crippen molar-refractivity contribution < 1.29 is 14.6 Å². The van der Waals surface area contributed by atoms with Crippen LogP contribution in [0.4, 0.5) is 4.79 Å². The molecule has 0 aliphatic carbocycles. The molecule has 1 rings (SSSR count). The molecule has 4 N–H and O–H groups in total. The molecular formula is C6H6N2O4. The minimum Gasteiger partial charge on any atom is -0.494 e. The van der Waals surface area contributed by atoms with E-state index in [1.807, 2.05) is 0 Å². The predicted octanol–water partition coefficient (Wildman–Crippen LogP) is -0.462. The number of nitrogens with two attached hydrogens (primary N) is 1. The predicted molar refractivity (Wildman–Crippen MR) is 38.9 cm³/mol. The summed E-state index contributed by atoms with van der Waals surface area (Å²) in [6, 6.07) is 2.05. The number of pyridine rings is 1. The molecule has 0 fully saturated rings. The number of hydrogen-bond donors (Lipinski definition) is 3. The van der Waals surface area contributed by atoms with Crippen LogP contribution in [0.1, 0.15) is 0 Å². The van der Waals surface area contributed by atoms with E-state index < -0.39 is 17.5 Å². The fourth-order valence-electron chi connectivity index (χ4n) is 0.679. The van der Waals surface area contributed by atoms with Crippen LogP contribution in [0.15, 0.2) is 16.9 Å². The molecule has 64 valence electrons. The summed E-state index contributed by atoms with van der Waals surface area (Å²) in [4.78, 5) is 22.9. The maximum Gasteiger partial charge on any atom is 0.409 e. The van der Waals surface area contributed by atoms with Crippen LogP contribution >= 0.6 is 0 Å². The third-order valence-electron chi connectivity index (χ3n) is 1.02. The summed E-state index contributed by atoms with van der Waals surface area (Å²) in [6.07, 6.45) is -1.04. The Hall–Kier alpha value is -1.98. The summed E-state index contributed by atoms with van der Waals surface area (Å²) in [6.45, 7) is 0. The van der Waals surface area contributed by atoms with Crippen molar-refractivity contribution >= 4 is 6.09 Å². The first-order valence-corrected chi connectivity index (χ1v) is 2.98. The van der Waals surface area contributed by atoms with Crippen LogP contribution < -0.4 is 16.0 Å². The van der Waals surface area contributed by atoms with E-state index in [0.29, 0.717) is 0 Å².